The van der Waals surface area contributed by atoms with Gasteiger partial charge in [-0.25, -0.2) is 0 Å². The standard InChI is InChI=1S/C24H23ClN2O/c1-18-23(28)26-16-17-27(18)24(19-10-4-2-5-11-19,20-12-6-3-7-13-20)21-14-8-9-15-22(21)25/h2-15,18H,16-17H2,1H3,(H,26,28). The van der Waals surface area contributed by atoms with Crippen LogP contribution in [0, 0.1) is 0 Å². The summed E-state index contributed by atoms with van der Waals surface area (Å²) in [5.74, 6) is 0.0366. The maximum atomic E-state index is 12.6. The molecule has 0 aliphatic carbocycles. The van der Waals surface area contributed by atoms with Crippen LogP contribution in [0.5, 0.6) is 0 Å². The van der Waals surface area contributed by atoms with Gasteiger partial charge in [-0.2, -0.15) is 0 Å². The van der Waals surface area contributed by atoms with Crippen molar-refractivity contribution in [3.05, 3.63) is 107 Å². The van der Waals surface area contributed by atoms with Crippen molar-refractivity contribution in [1.29, 1.82) is 0 Å². The zero-order chi connectivity index (χ0) is 19.6. The van der Waals surface area contributed by atoms with Gasteiger partial charge in [-0.3, -0.25) is 9.69 Å². The molecule has 3 aromatic rings. The summed E-state index contributed by atoms with van der Waals surface area (Å²) in [6.07, 6.45) is 0. The van der Waals surface area contributed by atoms with Crippen molar-refractivity contribution >= 4 is 17.5 Å². The average molecular weight is 391 g/mol. The Labute approximate surface area is 171 Å². The van der Waals surface area contributed by atoms with E-state index in [-0.39, 0.29) is 11.9 Å². The van der Waals surface area contributed by atoms with Gasteiger partial charge in [-0.15, -0.1) is 0 Å². The van der Waals surface area contributed by atoms with E-state index in [4.69, 9.17) is 11.6 Å². The Bertz CT molecular complexity index is 919. The number of carbonyl (C=O) groups excluding carboxylic acids is 1. The minimum Gasteiger partial charge on any atom is -0.353 e. The first kappa shape index (κ1) is 18.7. The van der Waals surface area contributed by atoms with Gasteiger partial charge in [0.05, 0.1) is 11.6 Å². The van der Waals surface area contributed by atoms with E-state index < -0.39 is 5.54 Å². The quantitative estimate of drug-likeness (QED) is 0.667. The summed E-state index contributed by atoms with van der Waals surface area (Å²) >= 11 is 6.78. The first-order valence-electron chi connectivity index (χ1n) is 9.56. The zero-order valence-electron chi connectivity index (χ0n) is 15.8. The fraction of sp³-hybridized carbons (Fsp3) is 0.208. The molecule has 28 heavy (non-hydrogen) atoms. The minimum absolute atomic E-state index is 0.0366. The smallest absolute Gasteiger partial charge is 0.237 e. The molecule has 1 fully saturated rings. The van der Waals surface area contributed by atoms with Gasteiger partial charge < -0.3 is 5.32 Å². The van der Waals surface area contributed by atoms with E-state index in [2.05, 4.69) is 40.5 Å². The van der Waals surface area contributed by atoms with Gasteiger partial charge in [0, 0.05) is 18.1 Å². The molecule has 0 bridgehead atoms. The van der Waals surface area contributed by atoms with E-state index in [0.717, 1.165) is 23.2 Å². The van der Waals surface area contributed by atoms with Crippen molar-refractivity contribution in [3.63, 3.8) is 0 Å². The largest absolute Gasteiger partial charge is 0.353 e. The van der Waals surface area contributed by atoms with Crippen molar-refractivity contribution in [2.24, 2.45) is 0 Å². The third-order valence-corrected chi connectivity index (χ3v) is 5.91. The summed E-state index contributed by atoms with van der Waals surface area (Å²) in [5.41, 5.74) is 2.50. The molecule has 4 rings (SSSR count). The molecule has 0 saturated carbocycles. The number of carbonyl (C=O) groups is 1. The van der Waals surface area contributed by atoms with Crippen molar-refractivity contribution in [3.8, 4) is 0 Å². The Balaban J connectivity index is 2.09. The second-order valence-electron chi connectivity index (χ2n) is 7.08. The number of amides is 1. The lowest BCUT2D eigenvalue weighted by atomic mass is 9.74. The van der Waals surface area contributed by atoms with Crippen LogP contribution in [0.3, 0.4) is 0 Å². The highest BCUT2D eigenvalue weighted by Gasteiger charge is 2.47. The molecule has 0 aromatic heterocycles. The van der Waals surface area contributed by atoms with Gasteiger partial charge in [0.1, 0.15) is 0 Å². The highest BCUT2D eigenvalue weighted by atomic mass is 35.5. The van der Waals surface area contributed by atoms with Gasteiger partial charge in [0.2, 0.25) is 5.91 Å². The number of nitrogens with one attached hydrogen (secondary N) is 1. The molecule has 1 unspecified atom stereocenters. The lowest BCUT2D eigenvalue weighted by Crippen LogP contribution is -2.62. The number of piperazine rings is 1. The third kappa shape index (κ3) is 3.01. The molecular formula is C24H23ClN2O. The molecule has 4 heteroatoms. The van der Waals surface area contributed by atoms with Crippen LogP contribution in [-0.2, 0) is 10.3 Å². The Morgan fingerprint density at radius 2 is 1.43 bits per heavy atom. The zero-order valence-corrected chi connectivity index (χ0v) is 16.6. The molecule has 1 heterocycles. The maximum absolute atomic E-state index is 12.6. The summed E-state index contributed by atoms with van der Waals surface area (Å²) in [6, 6.07) is 28.3. The normalized spacial score (nSPS) is 17.9. The number of hydrogen-bond donors (Lipinski definition) is 1. The Morgan fingerprint density at radius 1 is 0.893 bits per heavy atom. The predicted octanol–water partition coefficient (Wildman–Crippen LogP) is 4.45. The molecule has 1 aliphatic heterocycles. The molecule has 1 N–H and O–H groups in total. The van der Waals surface area contributed by atoms with Crippen LogP contribution in [-0.4, -0.2) is 29.9 Å². The molecule has 0 spiro atoms. The van der Waals surface area contributed by atoms with Gasteiger partial charge in [-0.05, 0) is 29.7 Å². The molecule has 1 aliphatic rings. The summed E-state index contributed by atoms with van der Waals surface area (Å²) in [5, 5.41) is 3.68. The highest BCUT2D eigenvalue weighted by Crippen LogP contribution is 2.46. The fourth-order valence-corrected chi connectivity index (χ4v) is 4.59. The minimum atomic E-state index is -0.669. The molecule has 1 amide bonds. The van der Waals surface area contributed by atoms with Crippen molar-refractivity contribution in [2.45, 2.75) is 18.5 Å². The summed E-state index contributed by atoms with van der Waals surface area (Å²) in [4.78, 5) is 14.9. The van der Waals surface area contributed by atoms with Crippen LogP contribution in [0.1, 0.15) is 23.6 Å². The lowest BCUT2D eigenvalue weighted by molar-refractivity contribution is -0.130. The topological polar surface area (TPSA) is 32.3 Å². The summed E-state index contributed by atoms with van der Waals surface area (Å²) < 4.78 is 0. The number of nitrogens with zero attached hydrogens (tertiary/aromatic N) is 1. The van der Waals surface area contributed by atoms with E-state index in [1.807, 2.05) is 61.5 Å². The second kappa shape index (κ2) is 7.78. The van der Waals surface area contributed by atoms with E-state index in [1.165, 1.54) is 0 Å². The summed E-state index contributed by atoms with van der Waals surface area (Å²) in [6.45, 7) is 3.29. The lowest BCUT2D eigenvalue weighted by Gasteiger charge is -2.50. The number of benzene rings is 3. The van der Waals surface area contributed by atoms with Crippen molar-refractivity contribution in [1.82, 2.24) is 10.2 Å². The van der Waals surface area contributed by atoms with Crippen LogP contribution < -0.4 is 5.32 Å². The Hall–Kier alpha value is -2.62. The van der Waals surface area contributed by atoms with Crippen LogP contribution in [0.4, 0.5) is 0 Å². The van der Waals surface area contributed by atoms with Gasteiger partial charge in [0.25, 0.3) is 0 Å². The predicted molar refractivity (Wildman–Crippen MR) is 113 cm³/mol. The van der Waals surface area contributed by atoms with Crippen molar-refractivity contribution in [2.75, 3.05) is 13.1 Å². The van der Waals surface area contributed by atoms with Crippen LogP contribution in [0.15, 0.2) is 84.9 Å². The molecule has 1 atom stereocenters. The average Bonchev–Trinajstić information content (AvgIpc) is 2.74. The first-order chi connectivity index (χ1) is 13.7. The molecule has 142 valence electrons. The Morgan fingerprint density at radius 3 is 2.00 bits per heavy atom. The molecule has 1 saturated heterocycles. The maximum Gasteiger partial charge on any atom is 0.237 e. The number of halogens is 1. The van der Waals surface area contributed by atoms with Gasteiger partial charge in [0.15, 0.2) is 0 Å². The first-order valence-corrected chi connectivity index (χ1v) is 9.94. The number of hydrogen-bond acceptors (Lipinski definition) is 2. The Kier molecular flexibility index (Phi) is 5.21. The molecule has 3 aromatic carbocycles. The van der Waals surface area contributed by atoms with E-state index in [0.29, 0.717) is 11.6 Å². The van der Waals surface area contributed by atoms with Gasteiger partial charge >= 0.3 is 0 Å². The van der Waals surface area contributed by atoms with Gasteiger partial charge in [-0.1, -0.05) is 90.5 Å². The number of rotatable bonds is 4. The van der Waals surface area contributed by atoms with Crippen molar-refractivity contribution < 1.29 is 4.79 Å². The molecule has 0 radical (unpaired) electrons. The van der Waals surface area contributed by atoms with E-state index in [9.17, 15) is 4.79 Å². The fourth-order valence-electron chi connectivity index (χ4n) is 4.32. The monoisotopic (exact) mass is 390 g/mol. The molecular weight excluding hydrogens is 368 g/mol. The van der Waals surface area contributed by atoms with E-state index in [1.54, 1.807) is 0 Å². The van der Waals surface area contributed by atoms with E-state index >= 15 is 0 Å². The SMILES string of the molecule is CC1C(=O)NCCN1C(c1ccccc1)(c1ccccc1)c1ccccc1Cl. The van der Waals surface area contributed by atoms with Crippen LogP contribution in [0.2, 0.25) is 5.02 Å². The van der Waals surface area contributed by atoms with Crippen LogP contribution >= 0.6 is 11.6 Å². The second-order valence-corrected chi connectivity index (χ2v) is 7.49. The highest BCUT2D eigenvalue weighted by molar-refractivity contribution is 6.31. The third-order valence-electron chi connectivity index (χ3n) is 5.58. The van der Waals surface area contributed by atoms with Crippen LogP contribution in [0.25, 0.3) is 0 Å². The summed E-state index contributed by atoms with van der Waals surface area (Å²) in [7, 11) is 0. The molecule has 3 nitrogen and oxygen atoms in total.